The lowest BCUT2D eigenvalue weighted by molar-refractivity contribution is -0.131. The predicted octanol–water partition coefficient (Wildman–Crippen LogP) is 1.10. The monoisotopic (exact) mass is 230 g/mol. The van der Waals surface area contributed by atoms with Gasteiger partial charge in [-0.15, -0.1) is 19.0 Å². The molecule has 0 radical (unpaired) electrons. The quantitative estimate of drug-likeness (QED) is 0.713. The molecule has 86 valence electrons. The number of hydrogen-bond acceptors (Lipinski definition) is 2. The Bertz CT molecular complexity index is 245. The van der Waals surface area contributed by atoms with Gasteiger partial charge in [0.15, 0.2) is 0 Å². The van der Waals surface area contributed by atoms with Crippen molar-refractivity contribution >= 4 is 18.3 Å². The van der Waals surface area contributed by atoms with Gasteiger partial charge in [-0.25, -0.2) is 0 Å². The molecule has 1 aliphatic carbocycles. The van der Waals surface area contributed by atoms with E-state index >= 15 is 0 Å². The molecule has 3 nitrogen and oxygen atoms in total. The van der Waals surface area contributed by atoms with Crippen LogP contribution in [0.2, 0.25) is 0 Å². The molecule has 15 heavy (non-hydrogen) atoms. The average molecular weight is 231 g/mol. The molecule has 2 aliphatic rings. The van der Waals surface area contributed by atoms with Gasteiger partial charge in [0, 0.05) is 13.1 Å². The van der Waals surface area contributed by atoms with Crippen LogP contribution in [0.3, 0.4) is 0 Å². The van der Waals surface area contributed by atoms with E-state index in [1.54, 1.807) is 6.08 Å². The van der Waals surface area contributed by atoms with Crippen molar-refractivity contribution in [2.75, 3.05) is 19.6 Å². The Kier molecular flexibility index (Phi) is 4.17. The fourth-order valence-electron chi connectivity index (χ4n) is 2.86. The van der Waals surface area contributed by atoms with Gasteiger partial charge in [0.25, 0.3) is 0 Å². The third-order valence-electron chi connectivity index (χ3n) is 3.65. The first kappa shape index (κ1) is 12.5. The van der Waals surface area contributed by atoms with Gasteiger partial charge in [-0.2, -0.15) is 0 Å². The van der Waals surface area contributed by atoms with Gasteiger partial charge in [-0.05, 0) is 25.3 Å². The third-order valence-corrected chi connectivity index (χ3v) is 3.65. The van der Waals surface area contributed by atoms with Crippen LogP contribution in [0.5, 0.6) is 0 Å². The Balaban J connectivity index is 0.00000112. The van der Waals surface area contributed by atoms with Gasteiger partial charge < -0.3 is 10.6 Å². The number of carbonyl (C=O) groups excluding carboxylic acids is 1. The Morgan fingerprint density at radius 1 is 1.67 bits per heavy atom. The van der Waals surface area contributed by atoms with Crippen LogP contribution in [0.1, 0.15) is 19.3 Å². The molecule has 0 bridgehead atoms. The zero-order valence-corrected chi connectivity index (χ0v) is 9.74. The zero-order valence-electron chi connectivity index (χ0n) is 8.92. The highest BCUT2D eigenvalue weighted by atomic mass is 35.5. The van der Waals surface area contributed by atoms with E-state index in [-0.39, 0.29) is 23.7 Å². The van der Waals surface area contributed by atoms with Gasteiger partial charge in [-0.1, -0.05) is 12.5 Å². The lowest BCUT2D eigenvalue weighted by Gasteiger charge is -2.26. The highest BCUT2D eigenvalue weighted by Crippen LogP contribution is 2.45. The number of carbonyl (C=O) groups is 1. The van der Waals surface area contributed by atoms with Gasteiger partial charge >= 0.3 is 0 Å². The van der Waals surface area contributed by atoms with Crippen LogP contribution >= 0.6 is 12.4 Å². The molecule has 2 fully saturated rings. The first-order valence-corrected chi connectivity index (χ1v) is 5.39. The summed E-state index contributed by atoms with van der Waals surface area (Å²) in [6.45, 7) is 6.08. The summed E-state index contributed by atoms with van der Waals surface area (Å²) in [5, 5.41) is 6.28. The molecule has 4 heteroatoms. The Morgan fingerprint density at radius 2 is 2.47 bits per heavy atom. The fraction of sp³-hybridized carbons (Fsp3) is 0.727. The maximum Gasteiger partial charge on any atom is 0.228 e. The second-order valence-corrected chi connectivity index (χ2v) is 4.37. The first-order valence-electron chi connectivity index (χ1n) is 5.39. The predicted molar refractivity (Wildman–Crippen MR) is 63.1 cm³/mol. The zero-order chi connectivity index (χ0) is 10.0. The van der Waals surface area contributed by atoms with Crippen molar-refractivity contribution in [2.45, 2.75) is 19.3 Å². The largest absolute Gasteiger partial charge is 0.352 e. The second-order valence-electron chi connectivity index (χ2n) is 4.37. The van der Waals surface area contributed by atoms with Crippen LogP contribution in [0.4, 0.5) is 0 Å². The molecule has 2 N–H and O–H groups in total. The summed E-state index contributed by atoms with van der Waals surface area (Å²) in [5.74, 6) is 0.789. The maximum absolute atomic E-state index is 12.0. The summed E-state index contributed by atoms with van der Waals surface area (Å²) in [6.07, 6.45) is 5.19. The van der Waals surface area contributed by atoms with E-state index in [0.717, 1.165) is 19.5 Å². The van der Waals surface area contributed by atoms with Crippen molar-refractivity contribution in [3.05, 3.63) is 12.7 Å². The number of nitrogens with one attached hydrogen (secondary N) is 2. The molecule has 1 aliphatic heterocycles. The minimum Gasteiger partial charge on any atom is -0.352 e. The van der Waals surface area contributed by atoms with Crippen LogP contribution in [0.15, 0.2) is 12.7 Å². The standard InChI is InChI=1S/C11H18N2O.ClH/c1-2-6-13-10(14)11-5-3-4-9(11)7-12-8-11;/h2,9,12H,1,3-8H2,(H,13,14);1H/t9-,11-;/m1./s1. The van der Waals surface area contributed by atoms with Crippen LogP contribution < -0.4 is 10.6 Å². The van der Waals surface area contributed by atoms with E-state index in [1.807, 2.05) is 0 Å². The Labute approximate surface area is 97.1 Å². The molecule has 0 unspecified atom stereocenters. The SMILES string of the molecule is C=CCNC(=O)[C@@]12CCC[C@@H]1CNC2.Cl. The highest BCUT2D eigenvalue weighted by Gasteiger charge is 2.51. The van der Waals surface area contributed by atoms with Crippen LogP contribution in [-0.4, -0.2) is 25.5 Å². The molecule has 1 amide bonds. The summed E-state index contributed by atoms with van der Waals surface area (Å²) in [4.78, 5) is 12.0. The Morgan fingerprint density at radius 3 is 3.20 bits per heavy atom. The second kappa shape index (κ2) is 4.99. The van der Waals surface area contributed by atoms with Crippen molar-refractivity contribution in [3.8, 4) is 0 Å². The summed E-state index contributed by atoms with van der Waals surface area (Å²) in [5.41, 5.74) is -0.0942. The normalized spacial score (nSPS) is 32.9. The Hall–Kier alpha value is -0.540. The number of halogens is 1. The molecule has 2 atom stereocenters. The number of rotatable bonds is 3. The third kappa shape index (κ3) is 2.04. The summed E-state index contributed by atoms with van der Waals surface area (Å²) in [7, 11) is 0. The summed E-state index contributed by atoms with van der Waals surface area (Å²) < 4.78 is 0. The molecular formula is C11H19ClN2O. The topological polar surface area (TPSA) is 41.1 Å². The van der Waals surface area contributed by atoms with E-state index < -0.39 is 0 Å². The van der Waals surface area contributed by atoms with Crippen molar-refractivity contribution in [3.63, 3.8) is 0 Å². The van der Waals surface area contributed by atoms with E-state index in [0.29, 0.717) is 12.5 Å². The van der Waals surface area contributed by atoms with Crippen LogP contribution in [0, 0.1) is 11.3 Å². The van der Waals surface area contributed by atoms with Crippen LogP contribution in [-0.2, 0) is 4.79 Å². The smallest absolute Gasteiger partial charge is 0.228 e. The summed E-state index contributed by atoms with van der Waals surface area (Å²) in [6, 6.07) is 0. The molecule has 0 aromatic carbocycles. The highest BCUT2D eigenvalue weighted by molar-refractivity contribution is 5.85. The van der Waals surface area contributed by atoms with Crippen LogP contribution in [0.25, 0.3) is 0 Å². The van der Waals surface area contributed by atoms with Crippen molar-refractivity contribution in [2.24, 2.45) is 11.3 Å². The molecule has 1 heterocycles. The van der Waals surface area contributed by atoms with E-state index in [9.17, 15) is 4.79 Å². The van der Waals surface area contributed by atoms with Gasteiger partial charge in [0.1, 0.15) is 0 Å². The van der Waals surface area contributed by atoms with Gasteiger partial charge in [0.05, 0.1) is 5.41 Å². The van der Waals surface area contributed by atoms with Crippen molar-refractivity contribution in [1.29, 1.82) is 0 Å². The number of fused-ring (bicyclic) bond motifs is 1. The number of amides is 1. The van der Waals surface area contributed by atoms with E-state index in [2.05, 4.69) is 17.2 Å². The molecule has 2 rings (SSSR count). The summed E-state index contributed by atoms with van der Waals surface area (Å²) >= 11 is 0. The fourth-order valence-corrected chi connectivity index (χ4v) is 2.86. The molecule has 0 aromatic heterocycles. The molecule has 0 spiro atoms. The lowest BCUT2D eigenvalue weighted by atomic mass is 9.80. The average Bonchev–Trinajstić information content (AvgIpc) is 2.72. The van der Waals surface area contributed by atoms with Crippen molar-refractivity contribution in [1.82, 2.24) is 10.6 Å². The maximum atomic E-state index is 12.0. The molecule has 1 saturated heterocycles. The van der Waals surface area contributed by atoms with Gasteiger partial charge in [-0.3, -0.25) is 4.79 Å². The molecular weight excluding hydrogens is 212 g/mol. The van der Waals surface area contributed by atoms with Gasteiger partial charge in [0.2, 0.25) is 5.91 Å². The first-order chi connectivity index (χ1) is 6.79. The minimum atomic E-state index is -0.0942. The lowest BCUT2D eigenvalue weighted by Crippen LogP contribution is -2.43. The minimum absolute atomic E-state index is 0. The van der Waals surface area contributed by atoms with E-state index in [1.165, 1.54) is 12.8 Å². The molecule has 0 aromatic rings. The van der Waals surface area contributed by atoms with E-state index in [4.69, 9.17) is 0 Å². The van der Waals surface area contributed by atoms with Crippen molar-refractivity contribution < 1.29 is 4.79 Å². The number of hydrogen-bond donors (Lipinski definition) is 2. The molecule has 1 saturated carbocycles.